The van der Waals surface area contributed by atoms with Crippen molar-refractivity contribution in [2.45, 2.75) is 97.1 Å². The molecule has 0 radical (unpaired) electrons. The second-order valence-corrected chi connectivity index (χ2v) is 14.1. The van der Waals surface area contributed by atoms with Gasteiger partial charge in [0.2, 0.25) is 10.0 Å². The molecule has 6 nitrogen and oxygen atoms in total. The lowest BCUT2D eigenvalue weighted by Crippen LogP contribution is -2.62. The zero-order valence-corrected chi connectivity index (χ0v) is 21.0. The normalized spacial score (nSPS) is 47.2. The molecule has 0 aromatic carbocycles. The third-order valence-electron chi connectivity index (χ3n) is 10.6. The van der Waals surface area contributed by atoms with Gasteiger partial charge < -0.3 is 10.2 Å². The molecule has 7 heteroatoms. The number of fused-ring (bicyclic) bond motifs is 5. The van der Waals surface area contributed by atoms with Gasteiger partial charge in [0.1, 0.15) is 0 Å². The number of nitrogens with one attached hydrogen (secondary N) is 1. The lowest BCUT2D eigenvalue weighted by atomic mass is 9.43. The van der Waals surface area contributed by atoms with E-state index in [1.54, 1.807) is 0 Å². The first-order valence-electron chi connectivity index (χ1n) is 12.7. The van der Waals surface area contributed by atoms with E-state index in [1.807, 2.05) is 0 Å². The van der Waals surface area contributed by atoms with Crippen LogP contribution in [-0.4, -0.2) is 43.0 Å². The topological polar surface area (TPSA) is 104 Å². The molecule has 4 rings (SSSR count). The van der Waals surface area contributed by atoms with E-state index in [4.69, 9.17) is 0 Å². The maximum absolute atomic E-state index is 12.4. The molecule has 0 saturated heterocycles. The molecule has 0 aromatic rings. The van der Waals surface area contributed by atoms with Crippen LogP contribution in [0.3, 0.4) is 0 Å². The molecule has 32 heavy (non-hydrogen) atoms. The molecule has 10 atom stereocenters. The highest BCUT2D eigenvalue weighted by Crippen LogP contribution is 2.68. The molecule has 0 aliphatic heterocycles. The number of hydrogen-bond donors (Lipinski definition) is 3. The van der Waals surface area contributed by atoms with E-state index in [0.717, 1.165) is 57.8 Å². The minimum Gasteiger partial charge on any atom is -0.481 e. The third-order valence-corrected chi connectivity index (χ3v) is 11.4. The van der Waals surface area contributed by atoms with Crippen LogP contribution in [0.1, 0.15) is 85.0 Å². The minimum absolute atomic E-state index is 0.0592. The standard InChI is InChI=1S/C25H43NO5S/c1-15(5-8-22(28)29)18-6-7-19-23-20(10-12-25(18,19)3)24(2)11-9-17(27)13-16(24)14-21(23)26-32(4,30)31/h15-21,23,26-27H,5-14H2,1-4H3,(H,28,29)/t15-,16?,17-,18-,19?,20?,21+,23?,24+,25-/m1/s1. The van der Waals surface area contributed by atoms with Gasteiger partial charge in [0.15, 0.2) is 0 Å². The number of hydrogen-bond acceptors (Lipinski definition) is 4. The van der Waals surface area contributed by atoms with Crippen LogP contribution < -0.4 is 4.72 Å². The number of carboxylic acids is 1. The van der Waals surface area contributed by atoms with Crippen molar-refractivity contribution in [3.63, 3.8) is 0 Å². The number of aliphatic hydroxyl groups is 1. The van der Waals surface area contributed by atoms with Crippen LogP contribution in [0.25, 0.3) is 0 Å². The molecule has 4 aliphatic carbocycles. The Kier molecular flexibility index (Phi) is 6.52. The van der Waals surface area contributed by atoms with Crippen LogP contribution in [0.5, 0.6) is 0 Å². The lowest BCUT2D eigenvalue weighted by Gasteiger charge is -2.63. The molecule has 4 aliphatic rings. The summed E-state index contributed by atoms with van der Waals surface area (Å²) in [7, 11) is -3.32. The number of rotatable bonds is 6. The van der Waals surface area contributed by atoms with E-state index in [9.17, 15) is 23.4 Å². The molecular formula is C25H43NO5S. The van der Waals surface area contributed by atoms with Crippen molar-refractivity contribution in [1.29, 1.82) is 0 Å². The van der Waals surface area contributed by atoms with Gasteiger partial charge in [-0.2, -0.15) is 0 Å². The van der Waals surface area contributed by atoms with Crippen LogP contribution in [0, 0.1) is 46.3 Å². The predicted octanol–water partition coefficient (Wildman–Crippen LogP) is 4.03. The van der Waals surface area contributed by atoms with Crippen LogP contribution >= 0.6 is 0 Å². The Bertz CT molecular complexity index is 830. The second kappa shape index (κ2) is 8.53. The maximum atomic E-state index is 12.4. The van der Waals surface area contributed by atoms with Crippen LogP contribution in [0.2, 0.25) is 0 Å². The van der Waals surface area contributed by atoms with Crippen LogP contribution in [-0.2, 0) is 14.8 Å². The Balaban J connectivity index is 1.64. The Morgan fingerprint density at radius 3 is 2.38 bits per heavy atom. The Morgan fingerprint density at radius 1 is 1.06 bits per heavy atom. The van der Waals surface area contributed by atoms with E-state index in [0.29, 0.717) is 35.5 Å². The van der Waals surface area contributed by atoms with Crippen LogP contribution in [0.15, 0.2) is 0 Å². The van der Waals surface area contributed by atoms with Gasteiger partial charge in [-0.1, -0.05) is 20.8 Å². The third kappa shape index (κ3) is 4.26. The highest BCUT2D eigenvalue weighted by molar-refractivity contribution is 7.88. The zero-order valence-electron chi connectivity index (χ0n) is 20.2. The van der Waals surface area contributed by atoms with Gasteiger partial charge in [-0.25, -0.2) is 13.1 Å². The Hall–Kier alpha value is -0.660. The van der Waals surface area contributed by atoms with Crippen molar-refractivity contribution in [1.82, 2.24) is 4.72 Å². The molecule has 4 unspecified atom stereocenters. The van der Waals surface area contributed by atoms with Crippen molar-refractivity contribution in [3.8, 4) is 0 Å². The predicted molar refractivity (Wildman–Crippen MR) is 124 cm³/mol. The first kappa shape index (κ1) is 24.5. The minimum atomic E-state index is -3.32. The molecule has 0 aromatic heterocycles. The number of sulfonamides is 1. The number of carboxylic acid groups (broad SMARTS) is 1. The molecule has 0 heterocycles. The number of carbonyl (C=O) groups is 1. The highest BCUT2D eigenvalue weighted by Gasteiger charge is 2.63. The average Bonchev–Trinajstić information content (AvgIpc) is 3.03. The zero-order chi connectivity index (χ0) is 23.5. The molecule has 0 spiro atoms. The fourth-order valence-corrected chi connectivity index (χ4v) is 9.97. The number of aliphatic hydroxyl groups excluding tert-OH is 1. The Labute approximate surface area is 194 Å². The van der Waals surface area contributed by atoms with Crippen molar-refractivity contribution >= 4 is 16.0 Å². The Morgan fingerprint density at radius 2 is 1.72 bits per heavy atom. The summed E-state index contributed by atoms with van der Waals surface area (Å²) in [5, 5.41) is 19.5. The van der Waals surface area contributed by atoms with Gasteiger partial charge >= 0.3 is 5.97 Å². The average molecular weight is 470 g/mol. The molecule has 4 fully saturated rings. The van der Waals surface area contributed by atoms with Gasteiger partial charge in [-0.05, 0) is 104 Å². The van der Waals surface area contributed by atoms with Crippen LogP contribution in [0.4, 0.5) is 0 Å². The summed E-state index contributed by atoms with van der Waals surface area (Å²) in [6.07, 6.45) is 9.98. The van der Waals surface area contributed by atoms with Crippen molar-refractivity contribution in [2.75, 3.05) is 6.26 Å². The molecular weight excluding hydrogens is 426 g/mol. The van der Waals surface area contributed by atoms with E-state index >= 15 is 0 Å². The van der Waals surface area contributed by atoms with Gasteiger partial charge in [-0.3, -0.25) is 4.79 Å². The summed E-state index contributed by atoms with van der Waals surface area (Å²) in [4.78, 5) is 11.2. The lowest BCUT2D eigenvalue weighted by molar-refractivity contribution is -0.140. The molecule has 4 saturated carbocycles. The summed E-state index contributed by atoms with van der Waals surface area (Å²) in [5.74, 6) is 1.81. The summed E-state index contributed by atoms with van der Waals surface area (Å²) < 4.78 is 27.8. The van der Waals surface area contributed by atoms with E-state index in [1.165, 1.54) is 6.26 Å². The fraction of sp³-hybridized carbons (Fsp3) is 0.960. The first-order chi connectivity index (χ1) is 14.8. The van der Waals surface area contributed by atoms with Gasteiger partial charge in [0.05, 0.1) is 12.4 Å². The van der Waals surface area contributed by atoms with Gasteiger partial charge in [0, 0.05) is 12.5 Å². The SMILES string of the molecule is C[C@H](CCC(=O)O)[C@H]1CCC2C3C(CC[C@@]21C)[C@@]1(C)CC[C@@H](O)CC1C[C@@H]3NS(C)(=O)=O. The first-order valence-corrected chi connectivity index (χ1v) is 14.6. The molecule has 0 amide bonds. The molecule has 184 valence electrons. The smallest absolute Gasteiger partial charge is 0.303 e. The van der Waals surface area contributed by atoms with Gasteiger partial charge in [-0.15, -0.1) is 0 Å². The monoisotopic (exact) mass is 469 g/mol. The highest BCUT2D eigenvalue weighted by atomic mass is 32.2. The molecule has 3 N–H and O–H groups in total. The van der Waals surface area contributed by atoms with Gasteiger partial charge in [0.25, 0.3) is 0 Å². The summed E-state index contributed by atoms with van der Waals surface area (Å²) in [6.45, 7) is 7.06. The van der Waals surface area contributed by atoms with Crippen molar-refractivity contribution in [3.05, 3.63) is 0 Å². The summed E-state index contributed by atoms with van der Waals surface area (Å²) in [5.41, 5.74) is 0.321. The maximum Gasteiger partial charge on any atom is 0.303 e. The summed E-state index contributed by atoms with van der Waals surface area (Å²) >= 11 is 0. The van der Waals surface area contributed by atoms with Crippen molar-refractivity contribution < 1.29 is 23.4 Å². The van der Waals surface area contributed by atoms with E-state index < -0.39 is 16.0 Å². The number of aliphatic carboxylic acids is 1. The van der Waals surface area contributed by atoms with Crippen molar-refractivity contribution in [2.24, 2.45) is 46.3 Å². The summed E-state index contributed by atoms with van der Waals surface area (Å²) in [6, 6.07) is -0.0592. The van der Waals surface area contributed by atoms with E-state index in [-0.39, 0.29) is 29.4 Å². The quantitative estimate of drug-likeness (QED) is 0.545. The van der Waals surface area contributed by atoms with E-state index in [2.05, 4.69) is 25.5 Å². The molecule has 0 bridgehead atoms. The fourth-order valence-electron chi connectivity index (χ4n) is 9.17. The largest absolute Gasteiger partial charge is 0.481 e. The second-order valence-electron chi connectivity index (χ2n) is 12.3.